The molecule has 0 spiro atoms. The molecule has 0 unspecified atom stereocenters. The monoisotopic (exact) mass is 327 g/mol. The Kier molecular flexibility index (Phi) is 4.01. The lowest BCUT2D eigenvalue weighted by molar-refractivity contribution is 0.102. The lowest BCUT2D eigenvalue weighted by Crippen LogP contribution is -2.12. The summed E-state index contributed by atoms with van der Waals surface area (Å²) in [6.45, 7) is 0.743. The molecule has 2 heterocycles. The summed E-state index contributed by atoms with van der Waals surface area (Å²) in [4.78, 5) is 16.9. The Hall–Kier alpha value is -3.40. The molecular weight excluding hydrogens is 310 g/mol. The van der Waals surface area contributed by atoms with Gasteiger partial charge in [0.15, 0.2) is 0 Å². The van der Waals surface area contributed by atoms with Gasteiger partial charge in [0, 0.05) is 29.9 Å². The molecule has 25 heavy (non-hydrogen) atoms. The Morgan fingerprint density at radius 3 is 2.40 bits per heavy atom. The number of amides is 1. The van der Waals surface area contributed by atoms with Crippen molar-refractivity contribution in [3.8, 4) is 0 Å². The van der Waals surface area contributed by atoms with Crippen LogP contribution in [0.1, 0.15) is 15.9 Å². The van der Waals surface area contributed by atoms with Gasteiger partial charge < -0.3 is 9.88 Å². The van der Waals surface area contributed by atoms with Crippen LogP contribution < -0.4 is 5.32 Å². The van der Waals surface area contributed by atoms with E-state index >= 15 is 0 Å². The fourth-order valence-corrected chi connectivity index (χ4v) is 2.89. The minimum Gasteiger partial charge on any atom is -0.328 e. The number of benzene rings is 2. The zero-order valence-corrected chi connectivity index (χ0v) is 13.6. The highest BCUT2D eigenvalue weighted by Gasteiger charge is 2.11. The summed E-state index contributed by atoms with van der Waals surface area (Å²) in [5, 5.41) is 3.92. The van der Waals surface area contributed by atoms with Crippen molar-refractivity contribution in [1.29, 1.82) is 0 Å². The molecule has 4 aromatic rings. The summed E-state index contributed by atoms with van der Waals surface area (Å²) in [5.74, 6) is -0.121. The first kappa shape index (κ1) is 15.1. The van der Waals surface area contributed by atoms with Gasteiger partial charge in [-0.25, -0.2) is 4.98 Å². The third-order valence-electron chi connectivity index (χ3n) is 4.14. The molecule has 0 aliphatic rings. The predicted molar refractivity (Wildman–Crippen MR) is 99.7 cm³/mol. The Labute approximate surface area is 145 Å². The summed E-state index contributed by atoms with van der Waals surface area (Å²) < 4.78 is 2.09. The van der Waals surface area contributed by atoms with Crippen molar-refractivity contribution in [3.63, 3.8) is 0 Å². The minimum atomic E-state index is -0.121. The van der Waals surface area contributed by atoms with E-state index in [1.807, 2.05) is 54.7 Å². The molecule has 0 atom stereocenters. The van der Waals surface area contributed by atoms with Crippen LogP contribution in [0.25, 0.3) is 11.0 Å². The van der Waals surface area contributed by atoms with Crippen molar-refractivity contribution in [2.75, 3.05) is 5.32 Å². The molecule has 0 bridgehead atoms. The Balaban J connectivity index is 1.64. The van der Waals surface area contributed by atoms with Crippen LogP contribution in [0.5, 0.6) is 0 Å². The van der Waals surface area contributed by atoms with Gasteiger partial charge in [-0.05, 0) is 29.8 Å². The van der Waals surface area contributed by atoms with Crippen LogP contribution >= 0.6 is 0 Å². The van der Waals surface area contributed by atoms with E-state index in [0.29, 0.717) is 5.56 Å². The number of hydrogen-bond acceptors (Lipinski definition) is 2. The maximum atomic E-state index is 12.4. The molecule has 0 aliphatic carbocycles. The van der Waals surface area contributed by atoms with Crippen molar-refractivity contribution in [1.82, 2.24) is 9.55 Å². The van der Waals surface area contributed by atoms with Gasteiger partial charge in [-0.3, -0.25) is 4.79 Å². The third-order valence-corrected chi connectivity index (χ3v) is 4.14. The molecule has 122 valence electrons. The van der Waals surface area contributed by atoms with Crippen LogP contribution in [0, 0.1) is 0 Å². The first-order chi connectivity index (χ1) is 12.3. The van der Waals surface area contributed by atoms with Gasteiger partial charge in [-0.15, -0.1) is 0 Å². The molecule has 0 fully saturated rings. The maximum absolute atomic E-state index is 12.4. The van der Waals surface area contributed by atoms with Crippen molar-refractivity contribution in [2.24, 2.45) is 0 Å². The first-order valence-corrected chi connectivity index (χ1v) is 8.15. The lowest BCUT2D eigenvalue weighted by Gasteiger charge is -2.08. The fraction of sp³-hybridized carbons (Fsp3) is 0.0476. The zero-order valence-electron chi connectivity index (χ0n) is 13.6. The molecule has 4 rings (SSSR count). The number of fused-ring (bicyclic) bond motifs is 1. The van der Waals surface area contributed by atoms with Crippen molar-refractivity contribution < 1.29 is 4.79 Å². The minimum absolute atomic E-state index is 0.121. The van der Waals surface area contributed by atoms with Crippen LogP contribution in [0.2, 0.25) is 0 Å². The average Bonchev–Trinajstić information content (AvgIpc) is 3.07. The van der Waals surface area contributed by atoms with Gasteiger partial charge in [0.25, 0.3) is 5.91 Å². The van der Waals surface area contributed by atoms with E-state index in [1.54, 1.807) is 18.3 Å². The highest BCUT2D eigenvalue weighted by Crippen LogP contribution is 2.24. The predicted octanol–water partition coefficient (Wildman–Crippen LogP) is 4.34. The number of pyridine rings is 1. The molecular formula is C21H17N3O. The number of carbonyl (C=O) groups is 1. The van der Waals surface area contributed by atoms with Crippen LogP contribution in [-0.2, 0) is 6.54 Å². The average molecular weight is 327 g/mol. The summed E-state index contributed by atoms with van der Waals surface area (Å²) in [7, 11) is 0. The molecule has 1 N–H and O–H groups in total. The van der Waals surface area contributed by atoms with E-state index in [9.17, 15) is 4.79 Å². The first-order valence-electron chi connectivity index (χ1n) is 8.15. The normalized spacial score (nSPS) is 10.7. The number of anilines is 1. The highest BCUT2D eigenvalue weighted by molar-refractivity contribution is 6.08. The van der Waals surface area contributed by atoms with Gasteiger partial charge >= 0.3 is 0 Å². The summed E-state index contributed by atoms with van der Waals surface area (Å²) >= 11 is 0. The van der Waals surface area contributed by atoms with Gasteiger partial charge in [0.1, 0.15) is 5.65 Å². The summed E-state index contributed by atoms with van der Waals surface area (Å²) in [5.41, 5.74) is 3.47. The van der Waals surface area contributed by atoms with Crippen LogP contribution in [0.4, 0.5) is 5.69 Å². The van der Waals surface area contributed by atoms with E-state index in [1.165, 1.54) is 5.56 Å². The molecule has 0 saturated carbocycles. The topological polar surface area (TPSA) is 46.9 Å². The molecule has 0 radical (unpaired) electrons. The van der Waals surface area contributed by atoms with E-state index in [-0.39, 0.29) is 5.91 Å². The molecule has 0 saturated heterocycles. The Morgan fingerprint density at radius 2 is 1.64 bits per heavy atom. The van der Waals surface area contributed by atoms with E-state index < -0.39 is 0 Å². The summed E-state index contributed by atoms with van der Waals surface area (Å²) in [6, 6.07) is 23.3. The third kappa shape index (κ3) is 3.15. The molecule has 4 heteroatoms. The van der Waals surface area contributed by atoms with E-state index in [2.05, 4.69) is 27.0 Å². The Morgan fingerprint density at radius 1 is 0.920 bits per heavy atom. The number of carbonyl (C=O) groups excluding carboxylic acids is 1. The second-order valence-electron chi connectivity index (χ2n) is 5.85. The molecule has 0 aliphatic heterocycles. The Bertz CT molecular complexity index is 1010. The van der Waals surface area contributed by atoms with Crippen molar-refractivity contribution in [2.45, 2.75) is 6.54 Å². The van der Waals surface area contributed by atoms with Crippen LogP contribution in [0.3, 0.4) is 0 Å². The standard InChI is InChI=1S/C21H17N3O/c25-21(17-9-5-2-6-10-17)23-19-11-13-22-20-18(19)12-14-24(20)15-16-7-3-1-4-8-16/h1-14H,15H2,(H,22,23,25). The SMILES string of the molecule is O=C(Nc1ccnc2c1ccn2Cc1ccccc1)c1ccccc1. The molecule has 1 amide bonds. The fourth-order valence-electron chi connectivity index (χ4n) is 2.89. The van der Waals surface area contributed by atoms with Crippen LogP contribution in [-0.4, -0.2) is 15.5 Å². The smallest absolute Gasteiger partial charge is 0.255 e. The van der Waals surface area contributed by atoms with Gasteiger partial charge in [-0.2, -0.15) is 0 Å². The zero-order chi connectivity index (χ0) is 17.1. The molecule has 2 aromatic carbocycles. The van der Waals surface area contributed by atoms with Gasteiger partial charge in [0.2, 0.25) is 0 Å². The highest BCUT2D eigenvalue weighted by atomic mass is 16.1. The molecule has 4 nitrogen and oxygen atoms in total. The van der Waals surface area contributed by atoms with Crippen molar-refractivity contribution in [3.05, 3.63) is 96.3 Å². The number of rotatable bonds is 4. The van der Waals surface area contributed by atoms with Crippen molar-refractivity contribution >= 4 is 22.6 Å². The number of aromatic nitrogens is 2. The van der Waals surface area contributed by atoms with Gasteiger partial charge in [0.05, 0.1) is 5.69 Å². The number of nitrogens with one attached hydrogen (secondary N) is 1. The summed E-state index contributed by atoms with van der Waals surface area (Å²) in [6.07, 6.45) is 3.73. The second kappa shape index (κ2) is 6.61. The lowest BCUT2D eigenvalue weighted by atomic mass is 10.2. The quantitative estimate of drug-likeness (QED) is 0.606. The van der Waals surface area contributed by atoms with E-state index in [0.717, 1.165) is 23.3 Å². The number of nitrogens with zero attached hydrogens (tertiary/aromatic N) is 2. The largest absolute Gasteiger partial charge is 0.328 e. The van der Waals surface area contributed by atoms with Crippen LogP contribution in [0.15, 0.2) is 85.2 Å². The molecule has 2 aromatic heterocycles. The second-order valence-corrected chi connectivity index (χ2v) is 5.85. The maximum Gasteiger partial charge on any atom is 0.255 e. The number of hydrogen-bond donors (Lipinski definition) is 1. The van der Waals surface area contributed by atoms with Gasteiger partial charge in [-0.1, -0.05) is 48.5 Å². The van der Waals surface area contributed by atoms with E-state index in [4.69, 9.17) is 0 Å².